The maximum atomic E-state index is 5.54. The van der Waals surface area contributed by atoms with Gasteiger partial charge in [0.1, 0.15) is 0 Å². The minimum atomic E-state index is 0.612. The van der Waals surface area contributed by atoms with E-state index in [2.05, 4.69) is 42.2 Å². The molecule has 2 aliphatic rings. The molecule has 0 saturated heterocycles. The lowest BCUT2D eigenvalue weighted by Crippen LogP contribution is -2.34. The summed E-state index contributed by atoms with van der Waals surface area (Å²) in [5.74, 6) is 0. The monoisotopic (exact) mass is 268 g/mol. The van der Waals surface area contributed by atoms with Gasteiger partial charge in [-0.3, -0.25) is 0 Å². The summed E-state index contributed by atoms with van der Waals surface area (Å²) >= 11 is 0. The van der Waals surface area contributed by atoms with Gasteiger partial charge in [0.15, 0.2) is 0 Å². The SMILES string of the molecule is CC(/C=C/c1cc2c3c(c1)CCCN3CCC2)=C\CN. The number of nitrogens with two attached hydrogens (primary N) is 1. The highest BCUT2D eigenvalue weighted by Crippen LogP contribution is 2.36. The predicted octanol–water partition coefficient (Wildman–Crippen LogP) is 3.30. The van der Waals surface area contributed by atoms with Gasteiger partial charge in [0.2, 0.25) is 0 Å². The minimum absolute atomic E-state index is 0.612. The lowest BCUT2D eigenvalue weighted by Gasteiger charge is -2.37. The molecule has 0 radical (unpaired) electrons. The standard InChI is InChI=1S/C18H24N2/c1-14(8-9-19)6-7-15-12-16-4-2-10-20-11-3-5-17(13-15)18(16)20/h6-8,12-13H,2-5,9-11,19H2,1H3/b7-6+,14-8+. The molecule has 1 aromatic rings. The molecule has 20 heavy (non-hydrogen) atoms. The largest absolute Gasteiger partial charge is 0.371 e. The number of benzene rings is 1. The van der Waals surface area contributed by atoms with Gasteiger partial charge in [0.05, 0.1) is 0 Å². The van der Waals surface area contributed by atoms with Crippen LogP contribution in [-0.2, 0) is 12.8 Å². The van der Waals surface area contributed by atoms with E-state index >= 15 is 0 Å². The second-order valence-electron chi connectivity index (χ2n) is 5.90. The summed E-state index contributed by atoms with van der Waals surface area (Å²) in [4.78, 5) is 2.59. The molecule has 0 amide bonds. The first-order chi connectivity index (χ1) is 9.78. The topological polar surface area (TPSA) is 29.3 Å². The van der Waals surface area contributed by atoms with Crippen LogP contribution in [0.5, 0.6) is 0 Å². The second-order valence-corrected chi connectivity index (χ2v) is 5.90. The Kier molecular flexibility index (Phi) is 3.93. The molecule has 2 aliphatic heterocycles. The zero-order valence-corrected chi connectivity index (χ0v) is 12.4. The number of hydrogen-bond donors (Lipinski definition) is 1. The highest BCUT2D eigenvalue weighted by atomic mass is 15.1. The van der Waals surface area contributed by atoms with E-state index < -0.39 is 0 Å². The van der Waals surface area contributed by atoms with Crippen molar-refractivity contribution in [2.75, 3.05) is 24.5 Å². The molecular formula is C18H24N2. The first-order valence-corrected chi connectivity index (χ1v) is 7.73. The zero-order valence-electron chi connectivity index (χ0n) is 12.4. The van der Waals surface area contributed by atoms with Gasteiger partial charge in [0.25, 0.3) is 0 Å². The number of anilines is 1. The average Bonchev–Trinajstić information content (AvgIpc) is 2.46. The molecule has 2 N–H and O–H groups in total. The third-order valence-electron chi connectivity index (χ3n) is 4.33. The van der Waals surface area contributed by atoms with E-state index in [0.717, 1.165) is 0 Å². The van der Waals surface area contributed by atoms with Crippen LogP contribution in [0.15, 0.2) is 29.9 Å². The smallest absolute Gasteiger partial charge is 0.0431 e. The van der Waals surface area contributed by atoms with E-state index in [1.807, 2.05) is 0 Å². The van der Waals surface area contributed by atoms with Crippen LogP contribution in [0.2, 0.25) is 0 Å². The van der Waals surface area contributed by atoms with Crippen molar-refractivity contribution in [2.24, 2.45) is 5.73 Å². The van der Waals surface area contributed by atoms with Crippen molar-refractivity contribution in [1.82, 2.24) is 0 Å². The maximum absolute atomic E-state index is 5.54. The Labute approximate surface area is 122 Å². The first kappa shape index (κ1) is 13.4. The molecule has 0 saturated carbocycles. The van der Waals surface area contributed by atoms with Crippen molar-refractivity contribution in [2.45, 2.75) is 32.6 Å². The molecule has 0 unspecified atom stereocenters. The van der Waals surface area contributed by atoms with Crippen molar-refractivity contribution in [3.05, 3.63) is 46.5 Å². The van der Waals surface area contributed by atoms with Crippen LogP contribution in [0.1, 0.15) is 36.5 Å². The Balaban J connectivity index is 1.93. The van der Waals surface area contributed by atoms with Gasteiger partial charge in [-0.25, -0.2) is 0 Å². The highest BCUT2D eigenvalue weighted by Gasteiger charge is 2.23. The van der Waals surface area contributed by atoms with Gasteiger partial charge < -0.3 is 10.6 Å². The van der Waals surface area contributed by atoms with E-state index in [9.17, 15) is 0 Å². The third-order valence-corrected chi connectivity index (χ3v) is 4.33. The molecule has 3 rings (SSSR count). The van der Waals surface area contributed by atoms with E-state index in [4.69, 9.17) is 5.73 Å². The van der Waals surface area contributed by atoms with E-state index in [1.54, 1.807) is 16.8 Å². The molecule has 0 atom stereocenters. The Bertz CT molecular complexity index is 524. The van der Waals surface area contributed by atoms with Gasteiger partial charge in [-0.15, -0.1) is 0 Å². The summed E-state index contributed by atoms with van der Waals surface area (Å²) in [6, 6.07) is 4.76. The lowest BCUT2D eigenvalue weighted by molar-refractivity contribution is 0.634. The van der Waals surface area contributed by atoms with Crippen LogP contribution < -0.4 is 10.6 Å². The van der Waals surface area contributed by atoms with Gasteiger partial charge >= 0.3 is 0 Å². The lowest BCUT2D eigenvalue weighted by atomic mass is 9.90. The Morgan fingerprint density at radius 3 is 2.45 bits per heavy atom. The predicted molar refractivity (Wildman–Crippen MR) is 87.1 cm³/mol. The molecule has 0 spiro atoms. The number of nitrogens with zero attached hydrogens (tertiary/aromatic N) is 1. The molecule has 0 aliphatic carbocycles. The number of allylic oxidation sites excluding steroid dienone is 2. The number of aryl methyl sites for hydroxylation is 2. The fraction of sp³-hybridized carbons (Fsp3) is 0.444. The van der Waals surface area contributed by atoms with Gasteiger partial charge in [-0.05, 0) is 61.4 Å². The van der Waals surface area contributed by atoms with Gasteiger partial charge in [-0.2, -0.15) is 0 Å². The molecule has 2 nitrogen and oxygen atoms in total. The van der Waals surface area contributed by atoms with Crippen LogP contribution in [0, 0.1) is 0 Å². The van der Waals surface area contributed by atoms with Crippen LogP contribution in [0.25, 0.3) is 6.08 Å². The van der Waals surface area contributed by atoms with Crippen molar-refractivity contribution >= 4 is 11.8 Å². The third kappa shape index (κ3) is 2.66. The zero-order chi connectivity index (χ0) is 13.9. The summed E-state index contributed by atoms with van der Waals surface area (Å²) in [7, 11) is 0. The van der Waals surface area contributed by atoms with E-state index in [0.29, 0.717) is 6.54 Å². The fourth-order valence-electron chi connectivity index (χ4n) is 3.41. The molecule has 0 aromatic heterocycles. The molecular weight excluding hydrogens is 244 g/mol. The summed E-state index contributed by atoms with van der Waals surface area (Å²) in [6.07, 6.45) is 11.5. The normalized spacial score (nSPS) is 18.5. The van der Waals surface area contributed by atoms with E-state index in [-0.39, 0.29) is 0 Å². The van der Waals surface area contributed by atoms with E-state index in [1.165, 1.54) is 49.9 Å². The molecule has 0 fully saturated rings. The van der Waals surface area contributed by atoms with Crippen molar-refractivity contribution in [3.63, 3.8) is 0 Å². The first-order valence-electron chi connectivity index (χ1n) is 7.73. The van der Waals surface area contributed by atoms with Crippen molar-refractivity contribution in [3.8, 4) is 0 Å². The van der Waals surface area contributed by atoms with Gasteiger partial charge in [-0.1, -0.05) is 23.8 Å². The fourth-order valence-corrected chi connectivity index (χ4v) is 3.41. The molecule has 1 aromatic carbocycles. The number of hydrogen-bond acceptors (Lipinski definition) is 2. The quantitative estimate of drug-likeness (QED) is 0.852. The Hall–Kier alpha value is -1.54. The molecule has 2 heterocycles. The second kappa shape index (κ2) is 5.84. The highest BCUT2D eigenvalue weighted by molar-refractivity contribution is 5.68. The van der Waals surface area contributed by atoms with Crippen molar-refractivity contribution in [1.29, 1.82) is 0 Å². The van der Waals surface area contributed by atoms with Crippen LogP contribution in [-0.4, -0.2) is 19.6 Å². The molecule has 106 valence electrons. The number of rotatable bonds is 3. The summed E-state index contributed by atoms with van der Waals surface area (Å²) in [5.41, 5.74) is 12.8. The van der Waals surface area contributed by atoms with Gasteiger partial charge in [0, 0.05) is 25.3 Å². The summed E-state index contributed by atoms with van der Waals surface area (Å²) in [6.45, 7) is 5.20. The summed E-state index contributed by atoms with van der Waals surface area (Å²) < 4.78 is 0. The summed E-state index contributed by atoms with van der Waals surface area (Å²) in [5, 5.41) is 0. The van der Waals surface area contributed by atoms with Crippen LogP contribution >= 0.6 is 0 Å². The minimum Gasteiger partial charge on any atom is -0.371 e. The van der Waals surface area contributed by atoms with Crippen LogP contribution in [0.3, 0.4) is 0 Å². The maximum Gasteiger partial charge on any atom is 0.0431 e. The molecule has 0 bridgehead atoms. The average molecular weight is 268 g/mol. The van der Waals surface area contributed by atoms with Crippen molar-refractivity contribution < 1.29 is 0 Å². The molecule has 2 heteroatoms. The van der Waals surface area contributed by atoms with Crippen LogP contribution in [0.4, 0.5) is 5.69 Å². The Morgan fingerprint density at radius 1 is 1.20 bits per heavy atom. The Morgan fingerprint density at radius 2 is 1.85 bits per heavy atom.